The maximum atomic E-state index is 13.6. The molecule has 2 N–H and O–H groups in total. The molecule has 0 saturated heterocycles. The number of hydrogen-bond acceptors (Lipinski definition) is 4. The molecule has 0 spiro atoms. The molecule has 0 unspecified atom stereocenters. The molecule has 176 valence electrons. The van der Waals surface area contributed by atoms with E-state index in [-0.39, 0.29) is 21.4 Å². The lowest BCUT2D eigenvalue weighted by atomic mass is 10.0. The van der Waals surface area contributed by atoms with Crippen molar-refractivity contribution in [3.63, 3.8) is 0 Å². The molecule has 0 saturated carbocycles. The Morgan fingerprint density at radius 3 is 2.34 bits per heavy atom. The number of aromatic hydroxyl groups is 1. The molecule has 5 rings (SSSR count). The highest BCUT2D eigenvalue weighted by Crippen LogP contribution is 2.37. The van der Waals surface area contributed by atoms with Crippen LogP contribution in [0.5, 0.6) is 11.5 Å². The largest absolute Gasteiger partial charge is 0.504 e. The van der Waals surface area contributed by atoms with Crippen LogP contribution in [-0.4, -0.2) is 26.3 Å². The molecule has 9 heteroatoms. The topological polar surface area (TPSA) is 89.2 Å². The number of ether oxygens (including phenoxy) is 1. The standard InChI is InChI=1S/C26H19Cl2N3O4/c1-14-5-3-7-18(27)22(14)31-25(33)23-19(29-26(31)34)13-21(28)30(23)16-11-9-15(10-12-16)17-6-4-8-20(35-2)24(17)32/h3-13,32H,1-2H3,(H,29,34). The minimum atomic E-state index is -0.614. The molecule has 0 aliphatic rings. The molecule has 35 heavy (non-hydrogen) atoms. The minimum absolute atomic E-state index is 0.0303. The number of halogens is 2. The molecule has 0 fully saturated rings. The van der Waals surface area contributed by atoms with Crippen LogP contribution in [0, 0.1) is 6.92 Å². The summed E-state index contributed by atoms with van der Waals surface area (Å²) in [6.45, 7) is 1.77. The van der Waals surface area contributed by atoms with Gasteiger partial charge in [0.15, 0.2) is 11.5 Å². The number of benzene rings is 3. The summed E-state index contributed by atoms with van der Waals surface area (Å²) in [7, 11) is 1.49. The van der Waals surface area contributed by atoms with Gasteiger partial charge in [0.05, 0.1) is 23.3 Å². The molecule has 2 heterocycles. The predicted octanol–water partition coefficient (Wildman–Crippen LogP) is 5.47. The van der Waals surface area contributed by atoms with Gasteiger partial charge in [0.25, 0.3) is 5.56 Å². The number of phenolic OH excluding ortho intramolecular Hbond substituents is 1. The van der Waals surface area contributed by atoms with Crippen LogP contribution in [0.1, 0.15) is 5.56 Å². The normalized spacial score (nSPS) is 11.2. The Bertz CT molecular complexity index is 1700. The van der Waals surface area contributed by atoms with Gasteiger partial charge in [0, 0.05) is 11.3 Å². The number of phenols is 1. The number of hydrogen-bond donors (Lipinski definition) is 2. The van der Waals surface area contributed by atoms with Gasteiger partial charge >= 0.3 is 5.69 Å². The first kappa shape index (κ1) is 22.8. The first-order valence-corrected chi connectivity index (χ1v) is 11.4. The molecule has 2 aromatic heterocycles. The molecular formula is C26H19Cl2N3O4. The number of para-hydroxylation sites is 2. The Balaban J connectivity index is 1.70. The van der Waals surface area contributed by atoms with Gasteiger partial charge in [0.2, 0.25) is 0 Å². The molecule has 0 bridgehead atoms. The summed E-state index contributed by atoms with van der Waals surface area (Å²) < 4.78 is 7.78. The number of fused-ring (bicyclic) bond motifs is 1. The van der Waals surface area contributed by atoms with Crippen molar-refractivity contribution in [2.24, 2.45) is 0 Å². The van der Waals surface area contributed by atoms with Crippen molar-refractivity contribution >= 4 is 34.2 Å². The second-order valence-corrected chi connectivity index (χ2v) is 8.74. The van der Waals surface area contributed by atoms with Crippen LogP contribution in [0.15, 0.2) is 76.3 Å². The van der Waals surface area contributed by atoms with Gasteiger partial charge in [-0.05, 0) is 48.4 Å². The Morgan fingerprint density at radius 1 is 0.943 bits per heavy atom. The van der Waals surface area contributed by atoms with E-state index >= 15 is 0 Å². The number of H-pyrrole nitrogens is 1. The zero-order valence-electron chi connectivity index (χ0n) is 18.7. The van der Waals surface area contributed by atoms with Crippen LogP contribution in [0.3, 0.4) is 0 Å². The van der Waals surface area contributed by atoms with Crippen molar-refractivity contribution in [3.8, 4) is 34.0 Å². The van der Waals surface area contributed by atoms with E-state index in [1.54, 1.807) is 72.2 Å². The van der Waals surface area contributed by atoms with E-state index in [4.69, 9.17) is 27.9 Å². The summed E-state index contributed by atoms with van der Waals surface area (Å²) in [5.41, 5.74) is 2.27. The zero-order valence-corrected chi connectivity index (χ0v) is 20.2. The number of aromatic amines is 1. The molecule has 7 nitrogen and oxygen atoms in total. The van der Waals surface area contributed by atoms with Crippen LogP contribution in [0.2, 0.25) is 10.2 Å². The van der Waals surface area contributed by atoms with Crippen LogP contribution < -0.4 is 16.0 Å². The molecule has 0 aliphatic carbocycles. The highest BCUT2D eigenvalue weighted by atomic mass is 35.5. The molecular weight excluding hydrogens is 489 g/mol. The number of aromatic nitrogens is 3. The van der Waals surface area contributed by atoms with Crippen molar-refractivity contribution in [2.45, 2.75) is 6.92 Å². The molecule has 0 amide bonds. The summed E-state index contributed by atoms with van der Waals surface area (Å²) in [6, 6.07) is 19.1. The lowest BCUT2D eigenvalue weighted by Gasteiger charge is -2.13. The maximum absolute atomic E-state index is 13.6. The summed E-state index contributed by atoms with van der Waals surface area (Å²) in [6.07, 6.45) is 0. The third-order valence-corrected chi connectivity index (χ3v) is 6.46. The van der Waals surface area contributed by atoms with Gasteiger partial charge in [-0.1, -0.05) is 59.6 Å². The fourth-order valence-electron chi connectivity index (χ4n) is 4.23. The predicted molar refractivity (Wildman–Crippen MR) is 138 cm³/mol. The van der Waals surface area contributed by atoms with Gasteiger partial charge < -0.3 is 14.8 Å². The van der Waals surface area contributed by atoms with Gasteiger partial charge in [-0.15, -0.1) is 0 Å². The third-order valence-electron chi connectivity index (χ3n) is 5.87. The van der Waals surface area contributed by atoms with Crippen molar-refractivity contribution < 1.29 is 9.84 Å². The molecule has 3 aromatic carbocycles. The molecule has 5 aromatic rings. The Kier molecular flexibility index (Phi) is 5.67. The van der Waals surface area contributed by atoms with E-state index in [0.29, 0.717) is 33.8 Å². The molecule has 0 atom stereocenters. The van der Waals surface area contributed by atoms with E-state index in [0.717, 1.165) is 10.1 Å². The van der Waals surface area contributed by atoms with E-state index in [1.165, 1.54) is 13.2 Å². The monoisotopic (exact) mass is 507 g/mol. The number of nitrogens with one attached hydrogen (secondary N) is 1. The van der Waals surface area contributed by atoms with Gasteiger partial charge in [0.1, 0.15) is 10.7 Å². The Morgan fingerprint density at radius 2 is 1.66 bits per heavy atom. The number of rotatable bonds is 4. The quantitative estimate of drug-likeness (QED) is 0.337. The van der Waals surface area contributed by atoms with Crippen molar-refractivity contribution in [1.82, 2.24) is 14.1 Å². The lowest BCUT2D eigenvalue weighted by Crippen LogP contribution is -2.34. The Labute approximate surface area is 209 Å². The van der Waals surface area contributed by atoms with Gasteiger partial charge in [-0.25, -0.2) is 9.36 Å². The average Bonchev–Trinajstić information content (AvgIpc) is 3.17. The fourth-order valence-corrected chi connectivity index (χ4v) is 4.82. The van der Waals surface area contributed by atoms with Crippen molar-refractivity contribution in [3.05, 3.63) is 103 Å². The summed E-state index contributed by atoms with van der Waals surface area (Å²) in [4.78, 5) is 29.2. The van der Waals surface area contributed by atoms with Gasteiger partial charge in [-0.3, -0.25) is 9.36 Å². The fraction of sp³-hybridized carbons (Fsp3) is 0.0769. The smallest absolute Gasteiger partial charge is 0.333 e. The van der Waals surface area contributed by atoms with Crippen LogP contribution in [-0.2, 0) is 0 Å². The lowest BCUT2D eigenvalue weighted by molar-refractivity contribution is 0.374. The summed E-state index contributed by atoms with van der Waals surface area (Å²) in [5.74, 6) is 0.396. The van der Waals surface area contributed by atoms with E-state index in [1.807, 2.05) is 0 Å². The highest BCUT2D eigenvalue weighted by Gasteiger charge is 2.20. The minimum Gasteiger partial charge on any atom is -0.504 e. The highest BCUT2D eigenvalue weighted by molar-refractivity contribution is 6.32. The van der Waals surface area contributed by atoms with E-state index in [2.05, 4.69) is 4.98 Å². The average molecular weight is 508 g/mol. The molecule has 0 aliphatic heterocycles. The van der Waals surface area contributed by atoms with Crippen molar-refractivity contribution in [1.29, 1.82) is 0 Å². The van der Waals surface area contributed by atoms with Gasteiger partial charge in [-0.2, -0.15) is 0 Å². The SMILES string of the molecule is COc1cccc(-c2ccc(-n3c(Cl)cc4[nH]c(=O)n(-c5c(C)cccc5Cl)c(=O)c43)cc2)c1O. The van der Waals surface area contributed by atoms with E-state index < -0.39 is 11.2 Å². The van der Waals surface area contributed by atoms with Crippen molar-refractivity contribution in [2.75, 3.05) is 7.11 Å². The molecule has 0 radical (unpaired) electrons. The summed E-state index contributed by atoms with van der Waals surface area (Å²) in [5, 5.41) is 11.0. The maximum Gasteiger partial charge on any atom is 0.333 e. The third kappa shape index (κ3) is 3.69. The summed E-state index contributed by atoms with van der Waals surface area (Å²) >= 11 is 12.9. The second kappa shape index (κ2) is 8.69. The van der Waals surface area contributed by atoms with E-state index in [9.17, 15) is 14.7 Å². The Hall–Kier alpha value is -3.94. The number of aryl methyl sites for hydroxylation is 1. The van der Waals surface area contributed by atoms with Crippen LogP contribution in [0.4, 0.5) is 0 Å². The number of methoxy groups -OCH3 is 1. The first-order chi connectivity index (χ1) is 16.8. The zero-order chi connectivity index (χ0) is 24.9. The van der Waals surface area contributed by atoms with Crippen LogP contribution in [0.25, 0.3) is 33.5 Å². The second-order valence-electron chi connectivity index (χ2n) is 7.94. The number of nitrogens with zero attached hydrogens (tertiary/aromatic N) is 2. The van der Waals surface area contributed by atoms with Crippen LogP contribution >= 0.6 is 23.2 Å². The first-order valence-electron chi connectivity index (χ1n) is 10.6.